The summed E-state index contributed by atoms with van der Waals surface area (Å²) in [5.41, 5.74) is 4.15. The lowest BCUT2D eigenvalue weighted by atomic mass is 9.96. The number of hydrogen-bond acceptors (Lipinski definition) is 3. The fourth-order valence-corrected chi connectivity index (χ4v) is 1.84. The Morgan fingerprint density at radius 2 is 1.62 bits per heavy atom. The second kappa shape index (κ2) is 4.92. The predicted octanol–water partition coefficient (Wildman–Crippen LogP) is 1.90. The highest BCUT2D eigenvalue weighted by Gasteiger charge is 2.16. The zero-order valence-corrected chi connectivity index (χ0v) is 10.1. The molecule has 1 rings (SSSR count). The lowest BCUT2D eigenvalue weighted by Gasteiger charge is -2.09. The molecule has 1 aromatic carbocycles. The van der Waals surface area contributed by atoms with Crippen molar-refractivity contribution in [2.75, 3.05) is 7.11 Å². The molecule has 3 heteroatoms. The van der Waals surface area contributed by atoms with Crippen molar-refractivity contribution in [3.63, 3.8) is 0 Å². The highest BCUT2D eigenvalue weighted by molar-refractivity contribution is 6.34. The van der Waals surface area contributed by atoms with Crippen LogP contribution >= 0.6 is 0 Å². The summed E-state index contributed by atoms with van der Waals surface area (Å²) in [5.74, 6) is -1.28. The second-order valence-corrected chi connectivity index (χ2v) is 3.97. The number of carbonyl (C=O) groups is 2. The molecule has 0 spiro atoms. The Kier molecular flexibility index (Phi) is 3.82. The van der Waals surface area contributed by atoms with Gasteiger partial charge in [-0.3, -0.25) is 4.79 Å². The summed E-state index contributed by atoms with van der Waals surface area (Å²) in [6, 6.07) is 4.01. The number of Topliss-reactive ketones (excluding diaryl/α,β-unsaturated/α-hetero) is 1. The summed E-state index contributed by atoms with van der Waals surface area (Å²) in [7, 11) is 1.22. The predicted molar refractivity (Wildman–Crippen MR) is 61.4 cm³/mol. The van der Waals surface area contributed by atoms with Crippen LogP contribution in [0.2, 0.25) is 0 Å². The molecule has 0 bridgehead atoms. The molecule has 0 N–H and O–H groups in total. The summed E-state index contributed by atoms with van der Waals surface area (Å²) in [6.07, 6.45) is 0.116. The number of hydrogen-bond donors (Lipinski definition) is 0. The maximum absolute atomic E-state index is 11.5. The zero-order chi connectivity index (χ0) is 12.3. The van der Waals surface area contributed by atoms with Crippen molar-refractivity contribution in [2.45, 2.75) is 27.2 Å². The first kappa shape index (κ1) is 12.4. The number of esters is 1. The number of ether oxygens (including phenoxy) is 1. The molecule has 0 heterocycles. The Balaban J connectivity index is 2.98. The molecule has 16 heavy (non-hydrogen) atoms. The lowest BCUT2D eigenvalue weighted by Crippen LogP contribution is -2.18. The second-order valence-electron chi connectivity index (χ2n) is 3.97. The molecule has 0 fully saturated rings. The smallest absolute Gasteiger partial charge is 0.374 e. The summed E-state index contributed by atoms with van der Waals surface area (Å²) < 4.78 is 4.40. The van der Waals surface area contributed by atoms with E-state index < -0.39 is 11.8 Å². The normalized spacial score (nSPS) is 10.0. The Morgan fingerprint density at radius 3 is 2.06 bits per heavy atom. The monoisotopic (exact) mass is 220 g/mol. The van der Waals surface area contributed by atoms with Crippen LogP contribution < -0.4 is 0 Å². The zero-order valence-electron chi connectivity index (χ0n) is 10.1. The minimum atomic E-state index is -0.778. The van der Waals surface area contributed by atoms with Gasteiger partial charge in [0.2, 0.25) is 5.78 Å². The first-order chi connectivity index (χ1) is 7.45. The summed E-state index contributed by atoms with van der Waals surface area (Å²) in [5, 5.41) is 0. The van der Waals surface area contributed by atoms with Gasteiger partial charge >= 0.3 is 5.97 Å². The fraction of sp³-hybridized carbons (Fsp3) is 0.385. The lowest BCUT2D eigenvalue weighted by molar-refractivity contribution is -0.151. The maximum atomic E-state index is 11.5. The third kappa shape index (κ3) is 2.69. The van der Waals surface area contributed by atoms with Crippen LogP contribution in [-0.2, 0) is 20.7 Å². The van der Waals surface area contributed by atoms with E-state index in [4.69, 9.17) is 0 Å². The number of ketones is 1. The number of benzene rings is 1. The standard InChI is InChI=1S/C13H16O3/c1-8-5-9(2)11(10(3)6-8)7-12(14)13(15)16-4/h5-6H,7H2,1-4H3. The molecule has 0 radical (unpaired) electrons. The number of aryl methyl sites for hydroxylation is 3. The minimum Gasteiger partial charge on any atom is -0.463 e. The number of methoxy groups -OCH3 is 1. The van der Waals surface area contributed by atoms with Crippen LogP contribution in [0.5, 0.6) is 0 Å². The van der Waals surface area contributed by atoms with E-state index in [1.54, 1.807) is 0 Å². The first-order valence-electron chi connectivity index (χ1n) is 5.13. The molecule has 1 aromatic rings. The van der Waals surface area contributed by atoms with Crippen LogP contribution in [0.1, 0.15) is 22.3 Å². The molecule has 0 atom stereocenters. The molecule has 0 amide bonds. The van der Waals surface area contributed by atoms with E-state index in [2.05, 4.69) is 4.74 Å². The summed E-state index contributed by atoms with van der Waals surface area (Å²) in [4.78, 5) is 22.5. The van der Waals surface area contributed by atoms with E-state index in [1.807, 2.05) is 32.9 Å². The van der Waals surface area contributed by atoms with Gasteiger partial charge in [-0.05, 0) is 37.5 Å². The van der Waals surface area contributed by atoms with Crippen molar-refractivity contribution in [3.8, 4) is 0 Å². The quantitative estimate of drug-likeness (QED) is 0.577. The van der Waals surface area contributed by atoms with Crippen LogP contribution in [0.25, 0.3) is 0 Å². The van der Waals surface area contributed by atoms with Crippen LogP contribution in [0.4, 0.5) is 0 Å². The van der Waals surface area contributed by atoms with Gasteiger partial charge in [-0.25, -0.2) is 4.79 Å². The van der Waals surface area contributed by atoms with Gasteiger partial charge in [0, 0.05) is 6.42 Å². The van der Waals surface area contributed by atoms with E-state index in [0.29, 0.717) is 0 Å². The molecule has 0 aliphatic rings. The van der Waals surface area contributed by atoms with Gasteiger partial charge in [-0.1, -0.05) is 17.7 Å². The Bertz CT molecular complexity index is 410. The average Bonchev–Trinajstić information content (AvgIpc) is 2.21. The van der Waals surface area contributed by atoms with Crippen molar-refractivity contribution in [1.29, 1.82) is 0 Å². The van der Waals surface area contributed by atoms with Crippen LogP contribution in [-0.4, -0.2) is 18.9 Å². The average molecular weight is 220 g/mol. The van der Waals surface area contributed by atoms with Crippen molar-refractivity contribution in [1.82, 2.24) is 0 Å². The van der Waals surface area contributed by atoms with E-state index >= 15 is 0 Å². The van der Waals surface area contributed by atoms with Crippen molar-refractivity contribution in [2.24, 2.45) is 0 Å². The molecule has 0 saturated carbocycles. The Morgan fingerprint density at radius 1 is 1.12 bits per heavy atom. The van der Waals surface area contributed by atoms with Gasteiger partial charge in [0.25, 0.3) is 0 Å². The molecule has 0 aliphatic carbocycles. The third-order valence-corrected chi connectivity index (χ3v) is 2.59. The van der Waals surface area contributed by atoms with Gasteiger partial charge in [0.15, 0.2) is 0 Å². The van der Waals surface area contributed by atoms with Gasteiger partial charge in [0.05, 0.1) is 7.11 Å². The number of carbonyl (C=O) groups excluding carboxylic acids is 2. The topological polar surface area (TPSA) is 43.4 Å². The van der Waals surface area contributed by atoms with Gasteiger partial charge in [-0.2, -0.15) is 0 Å². The van der Waals surface area contributed by atoms with Crippen LogP contribution in [0, 0.1) is 20.8 Å². The van der Waals surface area contributed by atoms with Crippen LogP contribution in [0.3, 0.4) is 0 Å². The van der Waals surface area contributed by atoms with E-state index in [9.17, 15) is 9.59 Å². The molecular formula is C13H16O3. The fourth-order valence-electron chi connectivity index (χ4n) is 1.84. The van der Waals surface area contributed by atoms with Crippen LogP contribution in [0.15, 0.2) is 12.1 Å². The first-order valence-corrected chi connectivity index (χ1v) is 5.13. The Labute approximate surface area is 95.4 Å². The SMILES string of the molecule is COC(=O)C(=O)Cc1c(C)cc(C)cc1C. The van der Waals surface area contributed by atoms with Gasteiger partial charge < -0.3 is 4.74 Å². The highest BCUT2D eigenvalue weighted by Crippen LogP contribution is 2.17. The maximum Gasteiger partial charge on any atom is 0.374 e. The summed E-state index contributed by atoms with van der Waals surface area (Å²) in [6.45, 7) is 5.89. The molecule has 3 nitrogen and oxygen atoms in total. The Hall–Kier alpha value is -1.64. The molecule has 0 aliphatic heterocycles. The molecule has 0 saturated heterocycles. The highest BCUT2D eigenvalue weighted by atomic mass is 16.5. The van der Waals surface area contributed by atoms with Gasteiger partial charge in [-0.15, -0.1) is 0 Å². The molecule has 86 valence electrons. The number of rotatable bonds is 3. The minimum absolute atomic E-state index is 0.116. The third-order valence-electron chi connectivity index (χ3n) is 2.59. The van der Waals surface area contributed by atoms with Crippen molar-refractivity contribution in [3.05, 3.63) is 34.4 Å². The molecular weight excluding hydrogens is 204 g/mol. The van der Waals surface area contributed by atoms with Crippen molar-refractivity contribution >= 4 is 11.8 Å². The summed E-state index contributed by atoms with van der Waals surface area (Å²) >= 11 is 0. The van der Waals surface area contributed by atoms with E-state index in [-0.39, 0.29) is 6.42 Å². The van der Waals surface area contributed by atoms with Gasteiger partial charge in [0.1, 0.15) is 0 Å². The molecule has 0 aromatic heterocycles. The van der Waals surface area contributed by atoms with Crippen molar-refractivity contribution < 1.29 is 14.3 Å². The molecule has 0 unspecified atom stereocenters. The van der Waals surface area contributed by atoms with E-state index in [0.717, 1.165) is 22.3 Å². The largest absolute Gasteiger partial charge is 0.463 e. The van der Waals surface area contributed by atoms with E-state index in [1.165, 1.54) is 7.11 Å².